The van der Waals surface area contributed by atoms with E-state index in [2.05, 4.69) is 6.92 Å². The molecule has 0 saturated carbocycles. The van der Waals surface area contributed by atoms with Gasteiger partial charge in [-0.05, 0) is 31.4 Å². The maximum Gasteiger partial charge on any atom is 0.373 e. The largest absolute Gasteiger partial charge is 0.373 e. The number of unbranched alkanes of at least 4 members (excludes halogenated alkanes) is 2. The SMILES string of the molecule is [CH2]CCCCOOC(=O)c1c(C)cccc1C. The molecule has 1 rings (SSSR count). The Balaban J connectivity index is 2.47. The van der Waals surface area contributed by atoms with Gasteiger partial charge >= 0.3 is 5.97 Å². The van der Waals surface area contributed by atoms with Gasteiger partial charge in [0.1, 0.15) is 0 Å². The van der Waals surface area contributed by atoms with E-state index in [1.807, 2.05) is 32.0 Å². The number of benzene rings is 1. The molecule has 0 aromatic heterocycles. The monoisotopic (exact) mass is 235 g/mol. The van der Waals surface area contributed by atoms with Crippen molar-refractivity contribution in [2.75, 3.05) is 6.61 Å². The molecule has 0 heterocycles. The van der Waals surface area contributed by atoms with Gasteiger partial charge < -0.3 is 0 Å². The van der Waals surface area contributed by atoms with Crippen molar-refractivity contribution in [3.63, 3.8) is 0 Å². The second kappa shape index (κ2) is 7.07. The molecule has 0 saturated heterocycles. The average molecular weight is 235 g/mol. The first-order valence-corrected chi connectivity index (χ1v) is 5.86. The lowest BCUT2D eigenvalue weighted by Crippen LogP contribution is -2.10. The van der Waals surface area contributed by atoms with Gasteiger partial charge in [-0.15, -0.1) is 0 Å². The molecule has 3 heteroatoms. The van der Waals surface area contributed by atoms with Crippen LogP contribution < -0.4 is 0 Å². The fourth-order valence-corrected chi connectivity index (χ4v) is 1.61. The summed E-state index contributed by atoms with van der Waals surface area (Å²) in [6.45, 7) is 7.91. The first-order chi connectivity index (χ1) is 8.16. The normalized spacial score (nSPS) is 10.3. The van der Waals surface area contributed by atoms with Crippen molar-refractivity contribution in [3.8, 4) is 0 Å². The molecule has 0 fully saturated rings. The quantitative estimate of drug-likeness (QED) is 0.430. The van der Waals surface area contributed by atoms with Crippen LogP contribution in [0.2, 0.25) is 0 Å². The highest BCUT2D eigenvalue weighted by Gasteiger charge is 2.14. The predicted molar refractivity (Wildman–Crippen MR) is 66.5 cm³/mol. The van der Waals surface area contributed by atoms with Crippen LogP contribution in [0.3, 0.4) is 0 Å². The molecule has 1 aromatic carbocycles. The van der Waals surface area contributed by atoms with E-state index in [0.717, 1.165) is 30.4 Å². The third-order valence-corrected chi connectivity index (χ3v) is 2.55. The van der Waals surface area contributed by atoms with Crippen molar-refractivity contribution >= 4 is 5.97 Å². The van der Waals surface area contributed by atoms with E-state index in [1.54, 1.807) is 0 Å². The van der Waals surface area contributed by atoms with Crippen molar-refractivity contribution in [3.05, 3.63) is 41.8 Å². The van der Waals surface area contributed by atoms with Crippen LogP contribution in [0.5, 0.6) is 0 Å². The molecule has 0 atom stereocenters. The van der Waals surface area contributed by atoms with E-state index in [9.17, 15) is 4.79 Å². The Morgan fingerprint density at radius 2 is 1.88 bits per heavy atom. The number of rotatable bonds is 6. The molecule has 1 aromatic rings. The summed E-state index contributed by atoms with van der Waals surface area (Å²) in [6, 6.07) is 5.68. The predicted octanol–water partition coefficient (Wildman–Crippen LogP) is 3.40. The first-order valence-electron chi connectivity index (χ1n) is 5.86. The van der Waals surface area contributed by atoms with E-state index < -0.39 is 5.97 Å². The fraction of sp³-hybridized carbons (Fsp3) is 0.429. The highest BCUT2D eigenvalue weighted by Crippen LogP contribution is 2.14. The Labute approximate surface area is 103 Å². The van der Waals surface area contributed by atoms with Gasteiger partial charge in [-0.25, -0.2) is 4.79 Å². The number of hydrogen-bond acceptors (Lipinski definition) is 3. The van der Waals surface area contributed by atoms with Gasteiger partial charge in [0, 0.05) is 0 Å². The molecule has 3 nitrogen and oxygen atoms in total. The van der Waals surface area contributed by atoms with Gasteiger partial charge in [-0.1, -0.05) is 38.0 Å². The van der Waals surface area contributed by atoms with Gasteiger partial charge in [0.2, 0.25) is 0 Å². The minimum Gasteiger partial charge on any atom is -0.293 e. The number of hydrogen-bond donors (Lipinski definition) is 0. The second-order valence-corrected chi connectivity index (χ2v) is 4.02. The molecule has 1 radical (unpaired) electrons. The maximum atomic E-state index is 11.8. The van der Waals surface area contributed by atoms with Crippen LogP contribution in [0.15, 0.2) is 18.2 Å². The summed E-state index contributed by atoms with van der Waals surface area (Å²) in [5.41, 5.74) is 2.39. The van der Waals surface area contributed by atoms with Crippen LogP contribution in [-0.4, -0.2) is 12.6 Å². The van der Waals surface area contributed by atoms with E-state index in [-0.39, 0.29) is 0 Å². The Morgan fingerprint density at radius 1 is 1.24 bits per heavy atom. The minimum absolute atomic E-state index is 0.421. The summed E-state index contributed by atoms with van der Waals surface area (Å²) in [6.07, 6.45) is 2.69. The zero-order chi connectivity index (χ0) is 12.7. The summed E-state index contributed by atoms with van der Waals surface area (Å²) in [7, 11) is 0. The highest BCUT2D eigenvalue weighted by molar-refractivity contribution is 5.92. The lowest BCUT2D eigenvalue weighted by molar-refractivity contribution is -0.241. The molecule has 0 unspecified atom stereocenters. The molecule has 0 aliphatic carbocycles. The van der Waals surface area contributed by atoms with Crippen LogP contribution in [0, 0.1) is 20.8 Å². The van der Waals surface area contributed by atoms with Gasteiger partial charge in [0.05, 0.1) is 12.2 Å². The number of aryl methyl sites for hydroxylation is 2. The molecule has 0 spiro atoms. The number of carbonyl (C=O) groups excluding carboxylic acids is 1. The van der Waals surface area contributed by atoms with Gasteiger partial charge in [-0.3, -0.25) is 4.89 Å². The molecule has 0 bridgehead atoms. The first kappa shape index (κ1) is 13.7. The summed E-state index contributed by atoms with van der Waals surface area (Å²) < 4.78 is 0. The van der Waals surface area contributed by atoms with Crippen molar-refractivity contribution in [1.29, 1.82) is 0 Å². The summed E-state index contributed by atoms with van der Waals surface area (Å²) >= 11 is 0. The third-order valence-electron chi connectivity index (χ3n) is 2.55. The molecular formula is C14H19O3. The Hall–Kier alpha value is -1.35. The smallest absolute Gasteiger partial charge is 0.293 e. The van der Waals surface area contributed by atoms with Crippen molar-refractivity contribution < 1.29 is 14.6 Å². The van der Waals surface area contributed by atoms with E-state index >= 15 is 0 Å². The van der Waals surface area contributed by atoms with Crippen molar-refractivity contribution in [2.45, 2.75) is 33.1 Å². The van der Waals surface area contributed by atoms with Crippen molar-refractivity contribution in [1.82, 2.24) is 0 Å². The topological polar surface area (TPSA) is 35.5 Å². The molecule has 0 aliphatic rings. The fourth-order valence-electron chi connectivity index (χ4n) is 1.61. The standard InChI is InChI=1S/C14H19O3/c1-4-5-6-10-16-17-14(15)13-11(2)8-7-9-12(13)3/h7-9H,1,4-6,10H2,2-3H3. The van der Waals surface area contributed by atoms with Crippen LogP contribution >= 0.6 is 0 Å². The van der Waals surface area contributed by atoms with Crippen LogP contribution in [0.1, 0.15) is 40.7 Å². The van der Waals surface area contributed by atoms with Crippen LogP contribution in [-0.2, 0) is 9.78 Å². The van der Waals surface area contributed by atoms with Gasteiger partial charge in [0.25, 0.3) is 0 Å². The molecular weight excluding hydrogens is 216 g/mol. The van der Waals surface area contributed by atoms with Crippen molar-refractivity contribution in [2.24, 2.45) is 0 Å². The molecule has 93 valence electrons. The summed E-state index contributed by atoms with van der Waals surface area (Å²) in [5.74, 6) is -0.421. The zero-order valence-corrected chi connectivity index (χ0v) is 10.5. The molecule has 17 heavy (non-hydrogen) atoms. The van der Waals surface area contributed by atoms with E-state index in [0.29, 0.717) is 12.2 Å². The number of carbonyl (C=O) groups is 1. The average Bonchev–Trinajstić information content (AvgIpc) is 2.28. The van der Waals surface area contributed by atoms with Crippen LogP contribution in [0.4, 0.5) is 0 Å². The second-order valence-electron chi connectivity index (χ2n) is 4.02. The lowest BCUT2D eigenvalue weighted by atomic mass is 10.0. The Bertz CT molecular complexity index is 351. The minimum atomic E-state index is -0.421. The molecule has 0 aliphatic heterocycles. The highest BCUT2D eigenvalue weighted by atomic mass is 17.2. The molecule has 0 amide bonds. The molecule has 0 N–H and O–H groups in total. The third kappa shape index (κ3) is 4.19. The van der Waals surface area contributed by atoms with Gasteiger partial charge in [-0.2, -0.15) is 4.89 Å². The van der Waals surface area contributed by atoms with E-state index in [1.165, 1.54) is 0 Å². The Morgan fingerprint density at radius 3 is 2.47 bits per heavy atom. The summed E-state index contributed by atoms with van der Waals surface area (Å²) in [4.78, 5) is 21.4. The Kier molecular flexibility index (Phi) is 5.70. The van der Waals surface area contributed by atoms with Crippen LogP contribution in [0.25, 0.3) is 0 Å². The summed E-state index contributed by atoms with van der Waals surface area (Å²) in [5, 5.41) is 0. The maximum absolute atomic E-state index is 11.8. The zero-order valence-electron chi connectivity index (χ0n) is 10.5. The lowest BCUT2D eigenvalue weighted by Gasteiger charge is -2.08. The van der Waals surface area contributed by atoms with E-state index in [4.69, 9.17) is 9.78 Å². The van der Waals surface area contributed by atoms with Gasteiger partial charge in [0.15, 0.2) is 0 Å².